The van der Waals surface area contributed by atoms with Crippen molar-refractivity contribution in [2.75, 3.05) is 7.11 Å². The second-order valence-electron chi connectivity index (χ2n) is 6.78. The monoisotopic (exact) mass is 427 g/mol. The third-order valence-corrected chi connectivity index (χ3v) is 4.85. The minimum atomic E-state index is -4.40. The molecule has 1 aliphatic rings. The van der Waals surface area contributed by atoms with Crippen LogP contribution in [-0.4, -0.2) is 30.1 Å². The molecule has 0 saturated carbocycles. The molecule has 1 aromatic rings. The summed E-state index contributed by atoms with van der Waals surface area (Å²) in [6.45, 7) is 5.17. The summed E-state index contributed by atoms with van der Waals surface area (Å²) in [5.41, 5.74) is 1.81. The summed E-state index contributed by atoms with van der Waals surface area (Å²) in [5.74, 6) is -1.01. The molecule has 0 spiro atoms. The van der Waals surface area contributed by atoms with Gasteiger partial charge in [0.1, 0.15) is 11.3 Å². The SMILES string of the molecule is COC(=O)c1ccc(Cl)c(CC(N=C2CC=C(C(F)(F)F)C=C2C)=C(C)C)c1O. The van der Waals surface area contributed by atoms with Crippen LogP contribution < -0.4 is 0 Å². The molecule has 0 atom stereocenters. The maximum absolute atomic E-state index is 12.9. The number of methoxy groups -OCH3 is 1. The summed E-state index contributed by atoms with van der Waals surface area (Å²) in [6.07, 6.45) is -2.11. The lowest BCUT2D eigenvalue weighted by Crippen LogP contribution is -2.16. The second-order valence-corrected chi connectivity index (χ2v) is 7.19. The summed E-state index contributed by atoms with van der Waals surface area (Å²) < 4.78 is 43.3. The Morgan fingerprint density at radius 1 is 1.31 bits per heavy atom. The Morgan fingerprint density at radius 2 is 1.97 bits per heavy atom. The fraction of sp³-hybridized carbons (Fsp3) is 0.333. The van der Waals surface area contributed by atoms with E-state index in [-0.39, 0.29) is 29.2 Å². The fourth-order valence-corrected chi connectivity index (χ4v) is 3.01. The van der Waals surface area contributed by atoms with Crippen LogP contribution in [0.4, 0.5) is 13.2 Å². The first-order valence-electron chi connectivity index (χ1n) is 8.74. The zero-order valence-corrected chi connectivity index (χ0v) is 17.2. The van der Waals surface area contributed by atoms with Crippen molar-refractivity contribution in [1.29, 1.82) is 0 Å². The molecule has 8 heteroatoms. The molecule has 1 aliphatic carbocycles. The van der Waals surface area contributed by atoms with E-state index in [2.05, 4.69) is 9.73 Å². The molecule has 0 amide bonds. The van der Waals surface area contributed by atoms with Crippen molar-refractivity contribution in [3.05, 3.63) is 62.9 Å². The molecule has 0 heterocycles. The van der Waals surface area contributed by atoms with E-state index in [0.29, 0.717) is 22.5 Å². The number of rotatable bonds is 4. The number of carbonyl (C=O) groups excluding carboxylic acids is 1. The van der Waals surface area contributed by atoms with Crippen molar-refractivity contribution in [2.24, 2.45) is 4.99 Å². The number of hydrogen-bond acceptors (Lipinski definition) is 4. The average molecular weight is 428 g/mol. The van der Waals surface area contributed by atoms with E-state index in [1.807, 2.05) is 0 Å². The molecular weight excluding hydrogens is 407 g/mol. The highest BCUT2D eigenvalue weighted by atomic mass is 35.5. The number of phenolic OH excluding ortho intramolecular Hbond substituents is 1. The van der Waals surface area contributed by atoms with Gasteiger partial charge < -0.3 is 9.84 Å². The van der Waals surface area contributed by atoms with Gasteiger partial charge in [-0.1, -0.05) is 23.3 Å². The molecule has 4 nitrogen and oxygen atoms in total. The molecule has 29 heavy (non-hydrogen) atoms. The average Bonchev–Trinajstić information content (AvgIpc) is 2.63. The smallest absolute Gasteiger partial charge is 0.416 e. The Hall–Kier alpha value is -2.54. The highest BCUT2D eigenvalue weighted by molar-refractivity contribution is 6.31. The maximum atomic E-state index is 12.9. The van der Waals surface area contributed by atoms with Gasteiger partial charge in [0.15, 0.2) is 0 Å². The number of phenols is 1. The van der Waals surface area contributed by atoms with Crippen LogP contribution in [0.25, 0.3) is 0 Å². The number of alkyl halides is 3. The predicted octanol–water partition coefficient (Wildman–Crippen LogP) is 5.95. The number of nitrogens with zero attached hydrogens (tertiary/aromatic N) is 1. The molecule has 0 saturated heterocycles. The van der Waals surface area contributed by atoms with Gasteiger partial charge >= 0.3 is 12.1 Å². The zero-order valence-electron chi connectivity index (χ0n) is 16.4. The Balaban J connectivity index is 2.41. The molecule has 1 N–H and O–H groups in total. The van der Waals surface area contributed by atoms with Gasteiger partial charge in [-0.15, -0.1) is 0 Å². The number of aliphatic imine (C=N–C) groups is 1. The molecule has 156 valence electrons. The standard InChI is InChI=1S/C21H21ClF3NO3/c1-11(2)18(26-17-8-5-13(9-12(17)3)21(23,24)25)10-15-16(22)7-6-14(19(15)27)20(28)29-4/h5-7,9,27H,8,10H2,1-4H3. The summed E-state index contributed by atoms with van der Waals surface area (Å²) in [7, 11) is 1.20. The number of carbonyl (C=O) groups is 1. The number of hydrogen-bond donors (Lipinski definition) is 1. The topological polar surface area (TPSA) is 58.9 Å². The maximum Gasteiger partial charge on any atom is 0.416 e. The van der Waals surface area contributed by atoms with Crippen LogP contribution >= 0.6 is 11.6 Å². The molecule has 0 radical (unpaired) electrons. The number of esters is 1. The molecule has 0 aromatic heterocycles. The first-order chi connectivity index (χ1) is 13.5. The predicted molar refractivity (Wildman–Crippen MR) is 106 cm³/mol. The van der Waals surface area contributed by atoms with Crippen LogP contribution in [0, 0.1) is 0 Å². The van der Waals surface area contributed by atoms with Crippen LogP contribution in [0.1, 0.15) is 43.1 Å². The van der Waals surface area contributed by atoms with Gasteiger partial charge in [-0.05, 0) is 44.6 Å². The van der Waals surface area contributed by atoms with Crippen LogP contribution in [-0.2, 0) is 11.2 Å². The second kappa shape index (κ2) is 8.86. The van der Waals surface area contributed by atoms with Crippen molar-refractivity contribution < 1.29 is 27.8 Å². The van der Waals surface area contributed by atoms with Crippen LogP contribution in [0.5, 0.6) is 5.75 Å². The van der Waals surface area contributed by atoms with E-state index in [1.54, 1.807) is 20.8 Å². The van der Waals surface area contributed by atoms with E-state index in [1.165, 1.54) is 19.2 Å². The molecule has 0 aliphatic heterocycles. The Morgan fingerprint density at radius 3 is 2.48 bits per heavy atom. The zero-order chi connectivity index (χ0) is 21.9. The fourth-order valence-electron chi connectivity index (χ4n) is 2.79. The molecule has 0 bridgehead atoms. The van der Waals surface area contributed by atoms with Gasteiger partial charge in [0.25, 0.3) is 0 Å². The molecule has 0 unspecified atom stereocenters. The lowest BCUT2D eigenvalue weighted by molar-refractivity contribution is -0.0884. The normalized spacial score (nSPS) is 15.7. The van der Waals surface area contributed by atoms with Gasteiger partial charge in [-0.2, -0.15) is 13.2 Å². The minimum Gasteiger partial charge on any atom is -0.507 e. The van der Waals surface area contributed by atoms with Gasteiger partial charge in [0.05, 0.1) is 12.7 Å². The molecular formula is C21H21ClF3NO3. The van der Waals surface area contributed by atoms with Crippen molar-refractivity contribution in [1.82, 2.24) is 0 Å². The quantitative estimate of drug-likeness (QED) is 0.604. The lowest BCUT2D eigenvalue weighted by Gasteiger charge is -2.17. The largest absolute Gasteiger partial charge is 0.507 e. The van der Waals surface area contributed by atoms with E-state index in [9.17, 15) is 23.1 Å². The van der Waals surface area contributed by atoms with Crippen molar-refractivity contribution in [2.45, 2.75) is 39.8 Å². The van der Waals surface area contributed by atoms with Crippen LogP contribution in [0.15, 0.2) is 51.7 Å². The molecule has 2 rings (SSSR count). The van der Waals surface area contributed by atoms with Crippen LogP contribution in [0.3, 0.4) is 0 Å². The van der Waals surface area contributed by atoms with Gasteiger partial charge in [0.2, 0.25) is 0 Å². The Kier molecular flexibility index (Phi) is 6.95. The number of ether oxygens (including phenoxy) is 1. The highest BCUT2D eigenvalue weighted by Crippen LogP contribution is 2.34. The molecule has 0 fully saturated rings. The van der Waals surface area contributed by atoms with E-state index < -0.39 is 17.7 Å². The number of halogens is 4. The third kappa shape index (κ3) is 5.29. The van der Waals surface area contributed by atoms with Crippen molar-refractivity contribution >= 4 is 23.3 Å². The van der Waals surface area contributed by atoms with Gasteiger partial charge in [0, 0.05) is 34.8 Å². The molecule has 1 aromatic carbocycles. The Labute approximate surface area is 172 Å². The summed E-state index contributed by atoms with van der Waals surface area (Å²) in [5, 5.41) is 10.7. The van der Waals surface area contributed by atoms with E-state index in [4.69, 9.17) is 11.6 Å². The highest BCUT2D eigenvalue weighted by Gasteiger charge is 2.33. The minimum absolute atomic E-state index is 0.0286. The lowest BCUT2D eigenvalue weighted by atomic mass is 9.97. The first kappa shape index (κ1) is 22.7. The number of benzene rings is 1. The Bertz CT molecular complexity index is 953. The summed E-state index contributed by atoms with van der Waals surface area (Å²) >= 11 is 6.21. The van der Waals surface area contributed by atoms with Crippen molar-refractivity contribution in [3.63, 3.8) is 0 Å². The van der Waals surface area contributed by atoms with Crippen molar-refractivity contribution in [3.8, 4) is 5.75 Å². The third-order valence-electron chi connectivity index (χ3n) is 4.49. The first-order valence-corrected chi connectivity index (χ1v) is 9.12. The summed E-state index contributed by atoms with van der Waals surface area (Å²) in [6, 6.07) is 2.83. The van der Waals surface area contributed by atoms with Gasteiger partial charge in [-0.25, -0.2) is 4.79 Å². The number of aromatic hydroxyl groups is 1. The van der Waals surface area contributed by atoms with Gasteiger partial charge in [-0.3, -0.25) is 4.99 Å². The summed E-state index contributed by atoms with van der Waals surface area (Å²) in [4.78, 5) is 16.4. The van der Waals surface area contributed by atoms with Crippen LogP contribution in [0.2, 0.25) is 5.02 Å². The van der Waals surface area contributed by atoms with E-state index >= 15 is 0 Å². The van der Waals surface area contributed by atoms with E-state index in [0.717, 1.165) is 17.7 Å². The number of allylic oxidation sites excluding steroid dienone is 6.